The first kappa shape index (κ1) is 13.4. The number of aromatic nitrogens is 2. The fraction of sp³-hybridized carbons (Fsp3) is 0.727. The molecule has 6 nitrogen and oxygen atoms in total. The van der Waals surface area contributed by atoms with Crippen molar-refractivity contribution < 1.29 is 8.42 Å². The summed E-state index contributed by atoms with van der Waals surface area (Å²) in [5, 5.41) is 3.85. The van der Waals surface area contributed by atoms with Crippen molar-refractivity contribution in [2.45, 2.75) is 37.5 Å². The zero-order valence-electron chi connectivity index (χ0n) is 10.8. The van der Waals surface area contributed by atoms with Crippen LogP contribution in [0.4, 0.5) is 5.82 Å². The molecule has 0 aromatic carbocycles. The number of nitrogens with zero attached hydrogens (tertiary/aromatic N) is 2. The minimum absolute atomic E-state index is 0.0455. The van der Waals surface area contributed by atoms with Gasteiger partial charge in [-0.3, -0.25) is 4.68 Å². The van der Waals surface area contributed by atoms with Crippen LogP contribution >= 0.6 is 0 Å². The number of hydrogen-bond donors (Lipinski definition) is 2. The Morgan fingerprint density at radius 2 is 2.22 bits per heavy atom. The van der Waals surface area contributed by atoms with Gasteiger partial charge in [0.2, 0.25) is 10.0 Å². The second-order valence-corrected chi connectivity index (χ2v) is 6.82. The fourth-order valence-corrected chi connectivity index (χ4v) is 3.61. The van der Waals surface area contributed by atoms with E-state index in [1.165, 1.54) is 17.3 Å². The number of rotatable bonds is 5. The summed E-state index contributed by atoms with van der Waals surface area (Å²) in [4.78, 5) is 0.0653. The van der Waals surface area contributed by atoms with Crippen LogP contribution in [0.3, 0.4) is 0 Å². The molecule has 1 heterocycles. The van der Waals surface area contributed by atoms with E-state index in [0.29, 0.717) is 6.54 Å². The molecule has 1 aliphatic rings. The highest BCUT2D eigenvalue weighted by atomic mass is 32.2. The van der Waals surface area contributed by atoms with Crippen molar-refractivity contribution in [1.82, 2.24) is 14.5 Å². The maximum atomic E-state index is 12.1. The van der Waals surface area contributed by atoms with Crippen LogP contribution in [0.1, 0.15) is 32.6 Å². The first-order chi connectivity index (χ1) is 8.38. The van der Waals surface area contributed by atoms with Crippen molar-refractivity contribution >= 4 is 15.8 Å². The maximum Gasteiger partial charge on any atom is 0.245 e. The molecule has 0 atom stereocenters. The minimum Gasteiger partial charge on any atom is -0.381 e. The van der Waals surface area contributed by atoms with Gasteiger partial charge in [-0.05, 0) is 24.7 Å². The lowest BCUT2D eigenvalue weighted by molar-refractivity contribution is 0.133. The standard InChI is InChI=1S/C11H20N4O2S/c1-3-11(5-4-6-11)8-13-18(16,17)9-7-15(2)14-10(9)12/h7,13H,3-6,8H2,1-2H3,(H2,12,14). The fourth-order valence-electron chi connectivity index (χ4n) is 2.35. The van der Waals surface area contributed by atoms with Crippen molar-refractivity contribution in [1.29, 1.82) is 0 Å². The molecule has 0 unspecified atom stereocenters. The van der Waals surface area contributed by atoms with Gasteiger partial charge in [-0.1, -0.05) is 13.3 Å². The minimum atomic E-state index is -3.55. The molecule has 7 heteroatoms. The van der Waals surface area contributed by atoms with Crippen LogP contribution in [-0.4, -0.2) is 24.7 Å². The van der Waals surface area contributed by atoms with Gasteiger partial charge in [0.05, 0.1) is 0 Å². The highest BCUT2D eigenvalue weighted by Crippen LogP contribution is 2.43. The third-order valence-electron chi connectivity index (χ3n) is 3.91. The zero-order valence-corrected chi connectivity index (χ0v) is 11.6. The molecule has 0 spiro atoms. The van der Waals surface area contributed by atoms with Gasteiger partial charge in [0.15, 0.2) is 5.82 Å². The molecular weight excluding hydrogens is 252 g/mol. The van der Waals surface area contributed by atoms with E-state index in [9.17, 15) is 8.42 Å². The number of nitrogens with two attached hydrogens (primary N) is 1. The molecule has 18 heavy (non-hydrogen) atoms. The first-order valence-electron chi connectivity index (χ1n) is 6.17. The Morgan fingerprint density at radius 1 is 1.56 bits per heavy atom. The Kier molecular flexibility index (Phi) is 3.37. The number of nitrogens with one attached hydrogen (secondary N) is 1. The summed E-state index contributed by atoms with van der Waals surface area (Å²) >= 11 is 0. The molecule has 1 aromatic rings. The van der Waals surface area contributed by atoms with Gasteiger partial charge in [-0.2, -0.15) is 5.10 Å². The Morgan fingerprint density at radius 3 is 2.61 bits per heavy atom. The summed E-state index contributed by atoms with van der Waals surface area (Å²) in [6.45, 7) is 2.59. The first-order valence-corrected chi connectivity index (χ1v) is 7.66. The molecular formula is C11H20N4O2S. The quantitative estimate of drug-likeness (QED) is 0.832. The molecule has 3 N–H and O–H groups in total. The van der Waals surface area contributed by atoms with E-state index in [-0.39, 0.29) is 16.1 Å². The molecule has 2 rings (SSSR count). The van der Waals surface area contributed by atoms with Crippen LogP contribution in [0.15, 0.2) is 11.1 Å². The van der Waals surface area contributed by atoms with Crippen molar-refractivity contribution in [3.63, 3.8) is 0 Å². The molecule has 1 aliphatic carbocycles. The summed E-state index contributed by atoms with van der Waals surface area (Å²) in [6, 6.07) is 0. The van der Waals surface area contributed by atoms with E-state index < -0.39 is 10.0 Å². The Labute approximate surface area is 108 Å². The van der Waals surface area contributed by atoms with Gasteiger partial charge < -0.3 is 5.73 Å². The normalized spacial score (nSPS) is 18.6. The summed E-state index contributed by atoms with van der Waals surface area (Å²) in [7, 11) is -1.90. The summed E-state index contributed by atoms with van der Waals surface area (Å²) < 4.78 is 28.3. The van der Waals surface area contributed by atoms with Crippen molar-refractivity contribution in [2.75, 3.05) is 12.3 Å². The molecule has 1 saturated carbocycles. The molecule has 0 radical (unpaired) electrons. The zero-order chi connectivity index (χ0) is 13.4. The number of nitrogen functional groups attached to an aromatic ring is 1. The van der Waals surface area contributed by atoms with Crippen LogP contribution in [0.5, 0.6) is 0 Å². The third kappa shape index (κ3) is 2.37. The predicted molar refractivity (Wildman–Crippen MR) is 69.4 cm³/mol. The van der Waals surface area contributed by atoms with Gasteiger partial charge in [-0.25, -0.2) is 13.1 Å². The van der Waals surface area contributed by atoms with E-state index >= 15 is 0 Å². The molecule has 0 amide bonds. The number of sulfonamides is 1. The summed E-state index contributed by atoms with van der Waals surface area (Å²) in [5.74, 6) is 0.0455. The van der Waals surface area contributed by atoms with Gasteiger partial charge in [-0.15, -0.1) is 0 Å². The van der Waals surface area contributed by atoms with Crippen LogP contribution in [0, 0.1) is 5.41 Å². The summed E-state index contributed by atoms with van der Waals surface area (Å²) in [5.41, 5.74) is 5.74. The number of aryl methyl sites for hydroxylation is 1. The Bertz CT molecular complexity index is 526. The van der Waals surface area contributed by atoms with E-state index in [1.54, 1.807) is 7.05 Å². The second kappa shape index (κ2) is 4.55. The van der Waals surface area contributed by atoms with E-state index in [4.69, 9.17) is 5.73 Å². The van der Waals surface area contributed by atoms with Crippen molar-refractivity contribution in [3.05, 3.63) is 6.20 Å². The molecule has 1 aromatic heterocycles. The van der Waals surface area contributed by atoms with Crippen molar-refractivity contribution in [3.8, 4) is 0 Å². The van der Waals surface area contributed by atoms with E-state index in [2.05, 4.69) is 16.7 Å². The average Bonchev–Trinajstić information content (AvgIpc) is 2.57. The lowest BCUT2D eigenvalue weighted by atomic mass is 9.67. The van der Waals surface area contributed by atoms with Gasteiger partial charge in [0.25, 0.3) is 0 Å². The maximum absolute atomic E-state index is 12.1. The monoisotopic (exact) mass is 272 g/mol. The number of anilines is 1. The molecule has 0 bridgehead atoms. The van der Waals surface area contributed by atoms with Crippen LogP contribution in [0.2, 0.25) is 0 Å². The van der Waals surface area contributed by atoms with Gasteiger partial charge in [0, 0.05) is 19.8 Å². The molecule has 0 aliphatic heterocycles. The Hall–Kier alpha value is -1.08. The Balaban J connectivity index is 2.10. The number of hydrogen-bond acceptors (Lipinski definition) is 4. The SMILES string of the molecule is CCC1(CNS(=O)(=O)c2cn(C)nc2N)CCC1. The lowest BCUT2D eigenvalue weighted by Crippen LogP contribution is -2.41. The van der Waals surface area contributed by atoms with Crippen LogP contribution in [-0.2, 0) is 17.1 Å². The second-order valence-electron chi connectivity index (χ2n) is 5.08. The third-order valence-corrected chi connectivity index (χ3v) is 5.33. The molecule has 1 fully saturated rings. The lowest BCUT2D eigenvalue weighted by Gasteiger charge is -2.41. The average molecular weight is 272 g/mol. The van der Waals surface area contributed by atoms with Gasteiger partial charge >= 0.3 is 0 Å². The largest absolute Gasteiger partial charge is 0.381 e. The predicted octanol–water partition coefficient (Wildman–Crippen LogP) is 0.861. The topological polar surface area (TPSA) is 90.0 Å². The molecule has 0 saturated heterocycles. The van der Waals surface area contributed by atoms with Gasteiger partial charge in [0.1, 0.15) is 4.90 Å². The van der Waals surface area contributed by atoms with Crippen LogP contribution < -0.4 is 10.5 Å². The van der Waals surface area contributed by atoms with E-state index in [1.807, 2.05) is 0 Å². The molecule has 102 valence electrons. The summed E-state index contributed by atoms with van der Waals surface area (Å²) in [6.07, 6.45) is 5.79. The smallest absolute Gasteiger partial charge is 0.245 e. The van der Waals surface area contributed by atoms with Crippen molar-refractivity contribution in [2.24, 2.45) is 12.5 Å². The highest BCUT2D eigenvalue weighted by Gasteiger charge is 2.36. The van der Waals surface area contributed by atoms with Crippen LogP contribution in [0.25, 0.3) is 0 Å². The van der Waals surface area contributed by atoms with E-state index in [0.717, 1.165) is 19.3 Å². The highest BCUT2D eigenvalue weighted by molar-refractivity contribution is 7.89.